The Morgan fingerprint density at radius 3 is 2.31 bits per heavy atom. The number of hydrogen-bond donors (Lipinski definition) is 2. The van der Waals surface area contributed by atoms with E-state index in [9.17, 15) is 18.0 Å². The number of carbonyl (C=O) groups is 2. The SMILES string of the molecule is CCS(=O)(=O)c1ccc(CC(=O)Nc2ccc(C(C)(C)C(=O)Nc3ncc(-c4ccccc4)o3)c(F)c2)cc1. The van der Waals surface area contributed by atoms with Crippen LogP contribution in [-0.2, 0) is 31.3 Å². The molecule has 0 bridgehead atoms. The topological polar surface area (TPSA) is 118 Å². The van der Waals surface area contributed by atoms with E-state index in [1.165, 1.54) is 30.5 Å². The zero-order valence-electron chi connectivity index (χ0n) is 21.7. The highest BCUT2D eigenvalue weighted by molar-refractivity contribution is 7.91. The fourth-order valence-electron chi connectivity index (χ4n) is 3.92. The van der Waals surface area contributed by atoms with Crippen molar-refractivity contribution in [3.05, 3.63) is 95.9 Å². The normalized spacial score (nSPS) is 11.7. The van der Waals surface area contributed by atoms with Gasteiger partial charge in [-0.2, -0.15) is 0 Å². The zero-order valence-corrected chi connectivity index (χ0v) is 22.5. The number of carbonyl (C=O) groups excluding carboxylic acids is 2. The first kappa shape index (κ1) is 27.7. The van der Waals surface area contributed by atoms with Crippen LogP contribution in [0.25, 0.3) is 11.3 Å². The van der Waals surface area contributed by atoms with Crippen molar-refractivity contribution >= 4 is 33.4 Å². The molecule has 4 aromatic rings. The summed E-state index contributed by atoms with van der Waals surface area (Å²) in [6, 6.07) is 19.5. The van der Waals surface area contributed by atoms with Crippen molar-refractivity contribution in [1.82, 2.24) is 4.98 Å². The van der Waals surface area contributed by atoms with Gasteiger partial charge in [0.05, 0.1) is 28.7 Å². The summed E-state index contributed by atoms with van der Waals surface area (Å²) < 4.78 is 44.6. The maximum absolute atomic E-state index is 15.1. The number of nitrogens with one attached hydrogen (secondary N) is 2. The highest BCUT2D eigenvalue weighted by atomic mass is 32.2. The number of oxazole rings is 1. The summed E-state index contributed by atoms with van der Waals surface area (Å²) in [7, 11) is -3.33. The van der Waals surface area contributed by atoms with Gasteiger partial charge in [0.15, 0.2) is 15.6 Å². The first-order valence-corrected chi connectivity index (χ1v) is 13.9. The quantitative estimate of drug-likeness (QED) is 0.290. The van der Waals surface area contributed by atoms with E-state index in [1.54, 1.807) is 32.9 Å². The molecule has 10 heteroatoms. The molecular weight excluding hydrogens is 521 g/mol. The molecule has 0 atom stereocenters. The van der Waals surface area contributed by atoms with Crippen molar-refractivity contribution in [3.8, 4) is 11.3 Å². The van der Waals surface area contributed by atoms with Crippen molar-refractivity contribution in [2.75, 3.05) is 16.4 Å². The third kappa shape index (κ3) is 6.40. The smallest absolute Gasteiger partial charge is 0.301 e. The van der Waals surface area contributed by atoms with Crippen molar-refractivity contribution in [1.29, 1.82) is 0 Å². The fourth-order valence-corrected chi connectivity index (χ4v) is 4.80. The molecule has 0 fully saturated rings. The first-order valence-electron chi connectivity index (χ1n) is 12.2. The van der Waals surface area contributed by atoms with Gasteiger partial charge >= 0.3 is 6.01 Å². The number of sulfone groups is 1. The van der Waals surface area contributed by atoms with E-state index in [2.05, 4.69) is 15.6 Å². The average molecular weight is 550 g/mol. The summed E-state index contributed by atoms with van der Waals surface area (Å²) in [6.07, 6.45) is 1.47. The second kappa shape index (κ2) is 11.2. The largest absolute Gasteiger partial charge is 0.423 e. The van der Waals surface area contributed by atoms with Gasteiger partial charge in [0, 0.05) is 16.8 Å². The highest BCUT2D eigenvalue weighted by Gasteiger charge is 2.33. The Labute approximate surface area is 226 Å². The lowest BCUT2D eigenvalue weighted by Crippen LogP contribution is -2.35. The number of amides is 2. The maximum atomic E-state index is 15.1. The predicted octanol–water partition coefficient (Wildman–Crippen LogP) is 5.37. The Kier molecular flexibility index (Phi) is 7.96. The fraction of sp³-hybridized carbons (Fsp3) is 0.207. The molecule has 0 aliphatic rings. The molecule has 39 heavy (non-hydrogen) atoms. The van der Waals surface area contributed by atoms with Crippen LogP contribution in [-0.4, -0.2) is 31.0 Å². The van der Waals surface area contributed by atoms with Crippen molar-refractivity contribution in [3.63, 3.8) is 0 Å². The molecule has 8 nitrogen and oxygen atoms in total. The van der Waals surface area contributed by atoms with Crippen LogP contribution in [0.3, 0.4) is 0 Å². The minimum absolute atomic E-state index is 0.00320. The summed E-state index contributed by atoms with van der Waals surface area (Å²) in [5, 5.41) is 5.23. The lowest BCUT2D eigenvalue weighted by Gasteiger charge is -2.24. The molecule has 2 amide bonds. The minimum atomic E-state index is -3.33. The van der Waals surface area contributed by atoms with Gasteiger partial charge in [0.2, 0.25) is 11.8 Å². The molecule has 2 N–H and O–H groups in total. The van der Waals surface area contributed by atoms with Crippen LogP contribution in [0, 0.1) is 5.82 Å². The van der Waals surface area contributed by atoms with E-state index in [0.29, 0.717) is 11.3 Å². The number of rotatable bonds is 9. The molecule has 202 valence electrons. The average Bonchev–Trinajstić information content (AvgIpc) is 3.38. The van der Waals surface area contributed by atoms with Gasteiger partial charge in [-0.1, -0.05) is 55.5 Å². The van der Waals surface area contributed by atoms with Gasteiger partial charge in [-0.15, -0.1) is 0 Å². The lowest BCUT2D eigenvalue weighted by atomic mass is 9.83. The van der Waals surface area contributed by atoms with Crippen LogP contribution in [0.15, 0.2) is 88.3 Å². The van der Waals surface area contributed by atoms with Gasteiger partial charge in [-0.25, -0.2) is 17.8 Å². The van der Waals surface area contributed by atoms with E-state index in [1.807, 2.05) is 30.3 Å². The van der Waals surface area contributed by atoms with Crippen LogP contribution in [0.2, 0.25) is 0 Å². The predicted molar refractivity (Wildman–Crippen MR) is 146 cm³/mol. The standard InChI is InChI=1S/C29H28FN3O5S/c1-4-39(36,37)22-13-10-19(11-14-22)16-26(34)32-21-12-15-23(24(30)17-21)29(2,3)27(35)33-28-31-18-25(38-28)20-8-6-5-7-9-20/h5-15,17-18H,4,16H2,1-3H3,(H,32,34)(H,31,33,35). The van der Waals surface area contributed by atoms with Crippen LogP contribution in [0.4, 0.5) is 16.1 Å². The number of anilines is 2. The van der Waals surface area contributed by atoms with Gasteiger partial charge in [0.25, 0.3) is 0 Å². The van der Waals surface area contributed by atoms with Gasteiger partial charge in [-0.05, 0) is 43.7 Å². The van der Waals surface area contributed by atoms with Crippen LogP contribution in [0.1, 0.15) is 31.9 Å². The number of halogens is 1. The van der Waals surface area contributed by atoms with E-state index in [4.69, 9.17) is 4.42 Å². The Hall–Kier alpha value is -4.31. The van der Waals surface area contributed by atoms with Gasteiger partial charge in [-0.3, -0.25) is 14.9 Å². The van der Waals surface area contributed by atoms with E-state index >= 15 is 4.39 Å². The third-order valence-electron chi connectivity index (χ3n) is 6.31. The molecule has 0 spiro atoms. The molecule has 4 rings (SSSR count). The highest BCUT2D eigenvalue weighted by Crippen LogP contribution is 2.30. The Morgan fingerprint density at radius 1 is 0.974 bits per heavy atom. The van der Waals surface area contributed by atoms with E-state index in [-0.39, 0.29) is 34.3 Å². The molecule has 0 unspecified atom stereocenters. The maximum Gasteiger partial charge on any atom is 0.301 e. The molecule has 1 aromatic heterocycles. The lowest BCUT2D eigenvalue weighted by molar-refractivity contribution is -0.120. The molecule has 0 radical (unpaired) electrons. The summed E-state index contributed by atoms with van der Waals surface area (Å²) in [6.45, 7) is 4.71. The molecular formula is C29H28FN3O5S. The van der Waals surface area contributed by atoms with Crippen LogP contribution >= 0.6 is 0 Å². The summed E-state index contributed by atoms with van der Waals surface area (Å²) in [5.74, 6) is -1.12. The number of nitrogens with zero attached hydrogens (tertiary/aromatic N) is 1. The van der Waals surface area contributed by atoms with Crippen LogP contribution in [0.5, 0.6) is 0 Å². The zero-order chi connectivity index (χ0) is 28.2. The minimum Gasteiger partial charge on any atom is -0.423 e. The van der Waals surface area contributed by atoms with Crippen LogP contribution < -0.4 is 10.6 Å². The molecule has 0 saturated carbocycles. The number of benzene rings is 3. The second-order valence-electron chi connectivity index (χ2n) is 9.44. The summed E-state index contributed by atoms with van der Waals surface area (Å²) in [5.41, 5.74) is 0.479. The second-order valence-corrected chi connectivity index (χ2v) is 11.7. The number of hydrogen-bond acceptors (Lipinski definition) is 6. The first-order chi connectivity index (χ1) is 18.5. The molecule has 1 heterocycles. The molecule has 0 aliphatic carbocycles. The van der Waals surface area contributed by atoms with Crippen molar-refractivity contribution < 1.29 is 26.8 Å². The molecule has 0 saturated heterocycles. The summed E-state index contributed by atoms with van der Waals surface area (Å²) in [4.78, 5) is 29.8. The molecule has 0 aliphatic heterocycles. The van der Waals surface area contributed by atoms with Crippen molar-refractivity contribution in [2.24, 2.45) is 0 Å². The Morgan fingerprint density at radius 2 is 1.67 bits per heavy atom. The van der Waals surface area contributed by atoms with Gasteiger partial charge < -0.3 is 9.73 Å². The number of aromatic nitrogens is 1. The van der Waals surface area contributed by atoms with E-state index in [0.717, 1.165) is 11.6 Å². The Balaban J connectivity index is 1.40. The summed E-state index contributed by atoms with van der Waals surface area (Å²) >= 11 is 0. The van der Waals surface area contributed by atoms with Gasteiger partial charge in [0.1, 0.15) is 5.82 Å². The molecule has 3 aromatic carbocycles. The monoisotopic (exact) mass is 549 g/mol. The van der Waals surface area contributed by atoms with E-state index < -0.39 is 32.9 Å². The third-order valence-corrected chi connectivity index (χ3v) is 8.06. The Bertz CT molecular complexity index is 1600. The van der Waals surface area contributed by atoms with Crippen molar-refractivity contribution in [2.45, 2.75) is 37.5 Å².